The maximum atomic E-state index is 10.5. The molecule has 0 radical (unpaired) electrons. The van der Waals surface area contributed by atoms with Gasteiger partial charge in [-0.1, -0.05) is 0 Å². The minimum absolute atomic E-state index is 0.112. The molecule has 0 aromatic carbocycles. The van der Waals surface area contributed by atoms with Crippen molar-refractivity contribution in [3.63, 3.8) is 0 Å². The number of rotatable bonds is 7. The molecule has 0 saturated heterocycles. The van der Waals surface area contributed by atoms with Crippen molar-refractivity contribution in [1.29, 1.82) is 0 Å². The molecule has 1 N–H and O–H groups in total. The number of aliphatic carboxylic acids is 1. The third kappa shape index (κ3) is 2.84. The van der Waals surface area contributed by atoms with Gasteiger partial charge in [-0.05, 0) is 36.1 Å². The van der Waals surface area contributed by atoms with E-state index >= 15 is 0 Å². The quantitative estimate of drug-likeness (QED) is 0.768. The van der Waals surface area contributed by atoms with Gasteiger partial charge in [0.1, 0.15) is 0 Å². The minimum atomic E-state index is -0.794. The largest absolute Gasteiger partial charge is 0.481 e. The fraction of sp³-hybridized carbons (Fsp3) is 0.818. The van der Waals surface area contributed by atoms with E-state index in [1.807, 2.05) is 0 Å². The zero-order chi connectivity index (χ0) is 13.0. The first-order chi connectivity index (χ1) is 8.65. The van der Waals surface area contributed by atoms with Crippen molar-refractivity contribution >= 4 is 5.97 Å². The Balaban J connectivity index is 1.92. The fourth-order valence-electron chi connectivity index (χ4n) is 2.22. The van der Waals surface area contributed by atoms with E-state index in [0.717, 1.165) is 18.7 Å². The Hall–Kier alpha value is -1.50. The van der Waals surface area contributed by atoms with Crippen LogP contribution in [-0.4, -0.2) is 44.0 Å². The third-order valence-electron chi connectivity index (χ3n) is 3.54. The predicted molar refractivity (Wildman–Crippen MR) is 62.0 cm³/mol. The number of aromatic nitrogens is 4. The molecule has 0 amide bonds. The Kier molecular flexibility index (Phi) is 3.90. The molecule has 1 aliphatic rings. The lowest BCUT2D eigenvalue weighted by Gasteiger charge is -2.40. The summed E-state index contributed by atoms with van der Waals surface area (Å²) in [5.41, 5.74) is -0.112. The molecule has 7 heteroatoms. The van der Waals surface area contributed by atoms with Crippen LogP contribution in [0.3, 0.4) is 0 Å². The van der Waals surface area contributed by atoms with E-state index in [-0.39, 0.29) is 12.0 Å². The molecule has 1 heterocycles. The highest BCUT2D eigenvalue weighted by atomic mass is 16.5. The van der Waals surface area contributed by atoms with Crippen molar-refractivity contribution in [2.45, 2.75) is 50.7 Å². The van der Waals surface area contributed by atoms with E-state index in [1.165, 1.54) is 6.42 Å². The van der Waals surface area contributed by atoms with Crippen LogP contribution in [0.15, 0.2) is 0 Å². The summed E-state index contributed by atoms with van der Waals surface area (Å²) in [7, 11) is 1.72. The first-order valence-electron chi connectivity index (χ1n) is 6.17. The summed E-state index contributed by atoms with van der Waals surface area (Å²) in [6.45, 7) is 0.536. The number of carboxylic acids is 1. The molecule has 1 fully saturated rings. The molecule has 1 aromatic heterocycles. The number of methoxy groups -OCH3 is 1. The summed E-state index contributed by atoms with van der Waals surface area (Å²) < 4.78 is 7.22. The second-order valence-electron chi connectivity index (χ2n) is 4.73. The highest BCUT2D eigenvalue weighted by Gasteiger charge is 2.38. The maximum absolute atomic E-state index is 10.5. The van der Waals surface area contributed by atoms with E-state index in [4.69, 9.17) is 9.84 Å². The second kappa shape index (κ2) is 5.43. The molecule has 0 aliphatic heterocycles. The maximum Gasteiger partial charge on any atom is 0.303 e. The molecule has 7 nitrogen and oxygen atoms in total. The zero-order valence-electron chi connectivity index (χ0n) is 10.5. The van der Waals surface area contributed by atoms with Gasteiger partial charge in [-0.3, -0.25) is 4.79 Å². The highest BCUT2D eigenvalue weighted by Crippen LogP contribution is 2.37. The van der Waals surface area contributed by atoms with Crippen LogP contribution in [0, 0.1) is 0 Å². The molecular formula is C11H18N4O3. The van der Waals surface area contributed by atoms with E-state index in [2.05, 4.69) is 15.5 Å². The third-order valence-corrected chi connectivity index (χ3v) is 3.54. The average Bonchev–Trinajstić information content (AvgIpc) is 2.70. The zero-order valence-corrected chi connectivity index (χ0v) is 10.5. The number of aryl methyl sites for hydroxylation is 1. The lowest BCUT2D eigenvalue weighted by Crippen LogP contribution is -2.42. The molecule has 1 aliphatic carbocycles. The summed E-state index contributed by atoms with van der Waals surface area (Å²) in [5, 5.41) is 20.2. The Morgan fingerprint density at radius 2 is 2.33 bits per heavy atom. The van der Waals surface area contributed by atoms with Crippen LogP contribution >= 0.6 is 0 Å². The normalized spacial score (nSPS) is 17.4. The van der Waals surface area contributed by atoms with E-state index in [9.17, 15) is 4.79 Å². The van der Waals surface area contributed by atoms with E-state index in [1.54, 1.807) is 11.8 Å². The Labute approximate surface area is 105 Å². The number of hydrogen-bond acceptors (Lipinski definition) is 5. The van der Waals surface area contributed by atoms with Crippen LogP contribution in [0.2, 0.25) is 0 Å². The standard InChI is InChI=1S/C11H18N4O3/c1-18-11(5-3-6-11)8-9-12-13-14-15(9)7-2-4-10(16)17/h2-8H2,1H3,(H,16,17). The van der Waals surface area contributed by atoms with Crippen LogP contribution in [-0.2, 0) is 22.5 Å². The van der Waals surface area contributed by atoms with Crippen molar-refractivity contribution < 1.29 is 14.6 Å². The molecule has 0 spiro atoms. The molecule has 18 heavy (non-hydrogen) atoms. The van der Waals surface area contributed by atoms with Gasteiger partial charge >= 0.3 is 5.97 Å². The predicted octanol–water partition coefficient (Wildman–Crippen LogP) is 0.649. The summed E-state index contributed by atoms with van der Waals surface area (Å²) >= 11 is 0. The smallest absolute Gasteiger partial charge is 0.303 e. The minimum Gasteiger partial charge on any atom is -0.481 e. The Morgan fingerprint density at radius 3 is 2.89 bits per heavy atom. The van der Waals surface area contributed by atoms with Gasteiger partial charge in [0.05, 0.1) is 5.60 Å². The van der Waals surface area contributed by atoms with Crippen LogP contribution in [0.4, 0.5) is 0 Å². The van der Waals surface area contributed by atoms with Crippen molar-refractivity contribution in [2.24, 2.45) is 0 Å². The summed E-state index contributed by atoms with van der Waals surface area (Å²) in [6.07, 6.45) is 4.61. The number of hydrogen-bond donors (Lipinski definition) is 1. The van der Waals surface area contributed by atoms with Crippen LogP contribution in [0.25, 0.3) is 0 Å². The van der Waals surface area contributed by atoms with E-state index in [0.29, 0.717) is 19.4 Å². The SMILES string of the molecule is COC1(Cc2nnnn2CCCC(=O)O)CCC1. The lowest BCUT2D eigenvalue weighted by atomic mass is 9.77. The van der Waals surface area contributed by atoms with Gasteiger partial charge in [0.15, 0.2) is 5.82 Å². The van der Waals surface area contributed by atoms with Crippen LogP contribution in [0.5, 0.6) is 0 Å². The molecule has 1 saturated carbocycles. The number of carbonyl (C=O) groups is 1. The Bertz CT molecular complexity index is 409. The first-order valence-corrected chi connectivity index (χ1v) is 6.17. The van der Waals surface area contributed by atoms with Crippen molar-refractivity contribution in [1.82, 2.24) is 20.2 Å². The Morgan fingerprint density at radius 1 is 1.56 bits per heavy atom. The first kappa shape index (κ1) is 12.9. The van der Waals surface area contributed by atoms with Crippen LogP contribution in [0.1, 0.15) is 37.9 Å². The van der Waals surface area contributed by atoms with Gasteiger partial charge in [0.25, 0.3) is 0 Å². The molecule has 1 aromatic rings. The number of nitrogens with zero attached hydrogens (tertiary/aromatic N) is 4. The van der Waals surface area contributed by atoms with Gasteiger partial charge < -0.3 is 9.84 Å². The molecular weight excluding hydrogens is 236 g/mol. The van der Waals surface area contributed by atoms with Crippen LogP contribution < -0.4 is 0 Å². The number of carboxylic acid groups (broad SMARTS) is 1. The average molecular weight is 254 g/mol. The molecule has 0 atom stereocenters. The summed E-state index contributed by atoms with van der Waals surface area (Å²) in [5.74, 6) is -0.0149. The van der Waals surface area contributed by atoms with Gasteiger partial charge in [0, 0.05) is 26.5 Å². The lowest BCUT2D eigenvalue weighted by molar-refractivity contribution is -0.137. The van der Waals surface area contributed by atoms with Gasteiger partial charge in [-0.15, -0.1) is 5.10 Å². The summed E-state index contributed by atoms with van der Waals surface area (Å²) in [4.78, 5) is 10.5. The van der Waals surface area contributed by atoms with E-state index < -0.39 is 5.97 Å². The fourth-order valence-corrected chi connectivity index (χ4v) is 2.22. The molecule has 0 unspecified atom stereocenters. The van der Waals surface area contributed by atoms with Gasteiger partial charge in [-0.2, -0.15) is 0 Å². The molecule has 100 valence electrons. The van der Waals surface area contributed by atoms with Gasteiger partial charge in [0.2, 0.25) is 0 Å². The highest BCUT2D eigenvalue weighted by molar-refractivity contribution is 5.66. The van der Waals surface area contributed by atoms with Crippen molar-refractivity contribution in [3.8, 4) is 0 Å². The number of tetrazole rings is 1. The van der Waals surface area contributed by atoms with Crippen molar-refractivity contribution in [2.75, 3.05) is 7.11 Å². The second-order valence-corrected chi connectivity index (χ2v) is 4.73. The van der Waals surface area contributed by atoms with Crippen molar-refractivity contribution in [3.05, 3.63) is 5.82 Å². The molecule has 0 bridgehead atoms. The summed E-state index contributed by atoms with van der Waals surface area (Å²) in [6, 6.07) is 0. The van der Waals surface area contributed by atoms with Gasteiger partial charge in [-0.25, -0.2) is 4.68 Å². The number of ether oxygens (including phenoxy) is 1. The monoisotopic (exact) mass is 254 g/mol. The molecule has 2 rings (SSSR count). The topological polar surface area (TPSA) is 90.1 Å².